The number of benzene rings is 1. The van der Waals surface area contributed by atoms with Gasteiger partial charge < -0.3 is 40.7 Å². The lowest BCUT2D eigenvalue weighted by Gasteiger charge is -2.37. The molecule has 13 nitrogen and oxygen atoms in total. The highest BCUT2D eigenvalue weighted by atomic mass is 16.4. The first-order chi connectivity index (χ1) is 18.3. The van der Waals surface area contributed by atoms with Crippen molar-refractivity contribution in [1.29, 1.82) is 0 Å². The van der Waals surface area contributed by atoms with Crippen LogP contribution in [0.15, 0.2) is 30.5 Å². The average Bonchev–Trinajstić information content (AvgIpc) is 3.27. The molecule has 0 saturated carbocycles. The highest BCUT2D eigenvalue weighted by Crippen LogP contribution is 2.27. The molecule has 3 saturated heterocycles. The molecule has 13 heteroatoms. The maximum atomic E-state index is 12.5. The fourth-order valence-corrected chi connectivity index (χ4v) is 5.27. The highest BCUT2D eigenvalue weighted by molar-refractivity contribution is 5.96. The van der Waals surface area contributed by atoms with E-state index in [4.69, 9.17) is 15.8 Å². The molecule has 1 aromatic carbocycles. The lowest BCUT2D eigenvalue weighted by atomic mass is 10.0. The number of urea groups is 1. The summed E-state index contributed by atoms with van der Waals surface area (Å²) in [6, 6.07) is 7.80. The van der Waals surface area contributed by atoms with E-state index < -0.39 is 12.0 Å². The Morgan fingerprint density at radius 1 is 1.03 bits per heavy atom. The van der Waals surface area contributed by atoms with Gasteiger partial charge in [-0.2, -0.15) is 0 Å². The number of hydrogen-bond acceptors (Lipinski definition) is 8. The van der Waals surface area contributed by atoms with Crippen molar-refractivity contribution >= 4 is 41.0 Å². The second-order valence-electron chi connectivity index (χ2n) is 9.86. The molecule has 0 bridgehead atoms. The molecule has 4 heterocycles. The SMILES string of the molecule is CN1CCN([C@@H]2CCCN(c3cnc(C(N)=O)c(Nc4ccc(N5CCN(C(=O)O)CC5)cc4)n3)C2)C1=O. The number of carboxylic acid groups (broad SMARTS) is 1. The van der Waals surface area contributed by atoms with Crippen molar-refractivity contribution in [3.63, 3.8) is 0 Å². The molecule has 3 aliphatic rings. The fourth-order valence-electron chi connectivity index (χ4n) is 5.27. The van der Waals surface area contributed by atoms with Gasteiger partial charge in [0.15, 0.2) is 11.5 Å². The Kier molecular flexibility index (Phi) is 7.07. The molecule has 0 radical (unpaired) electrons. The number of aromatic nitrogens is 2. The summed E-state index contributed by atoms with van der Waals surface area (Å²) in [6.45, 7) is 5.03. The van der Waals surface area contributed by atoms with E-state index in [0.717, 1.165) is 38.2 Å². The van der Waals surface area contributed by atoms with Crippen LogP contribution in [0.5, 0.6) is 0 Å². The Morgan fingerprint density at radius 3 is 2.39 bits per heavy atom. The first-order valence-electron chi connectivity index (χ1n) is 12.8. The molecule has 3 aliphatic heterocycles. The Hall–Kier alpha value is -4.29. The van der Waals surface area contributed by atoms with Gasteiger partial charge in [0.2, 0.25) is 0 Å². The van der Waals surface area contributed by atoms with Crippen LogP contribution in [0, 0.1) is 0 Å². The van der Waals surface area contributed by atoms with E-state index in [-0.39, 0.29) is 23.6 Å². The molecule has 0 aliphatic carbocycles. The highest BCUT2D eigenvalue weighted by Gasteiger charge is 2.34. The van der Waals surface area contributed by atoms with Crippen LogP contribution in [0.1, 0.15) is 23.3 Å². The number of hydrogen-bond donors (Lipinski definition) is 3. The third-order valence-electron chi connectivity index (χ3n) is 7.45. The van der Waals surface area contributed by atoms with E-state index >= 15 is 0 Å². The maximum Gasteiger partial charge on any atom is 0.407 e. The van der Waals surface area contributed by atoms with Crippen LogP contribution < -0.4 is 20.9 Å². The number of nitrogens with zero attached hydrogens (tertiary/aromatic N) is 7. The number of nitrogens with two attached hydrogens (primary N) is 1. The topological polar surface area (TPSA) is 151 Å². The predicted molar refractivity (Wildman–Crippen MR) is 142 cm³/mol. The monoisotopic (exact) mass is 523 g/mol. The molecule has 4 N–H and O–H groups in total. The number of rotatable bonds is 6. The van der Waals surface area contributed by atoms with E-state index in [2.05, 4.69) is 20.1 Å². The molecule has 1 atom stereocenters. The maximum absolute atomic E-state index is 12.5. The van der Waals surface area contributed by atoms with Crippen molar-refractivity contribution in [2.75, 3.05) is 74.5 Å². The van der Waals surface area contributed by atoms with Crippen LogP contribution in [0.3, 0.4) is 0 Å². The summed E-state index contributed by atoms with van der Waals surface area (Å²) in [5, 5.41) is 12.3. The largest absolute Gasteiger partial charge is 0.465 e. The Morgan fingerprint density at radius 2 is 1.76 bits per heavy atom. The molecule has 0 unspecified atom stereocenters. The summed E-state index contributed by atoms with van der Waals surface area (Å²) in [5.41, 5.74) is 7.34. The summed E-state index contributed by atoms with van der Waals surface area (Å²) >= 11 is 0. The molecule has 202 valence electrons. The predicted octanol–water partition coefficient (Wildman–Crippen LogP) is 1.46. The molecule has 0 spiro atoms. The summed E-state index contributed by atoms with van der Waals surface area (Å²) in [4.78, 5) is 54.1. The number of amides is 4. The van der Waals surface area contributed by atoms with E-state index in [1.165, 1.54) is 4.90 Å². The molecule has 4 amide bonds. The van der Waals surface area contributed by atoms with E-state index in [0.29, 0.717) is 44.2 Å². The van der Waals surface area contributed by atoms with Crippen molar-refractivity contribution in [3.05, 3.63) is 36.2 Å². The minimum absolute atomic E-state index is 0.0486. The zero-order valence-electron chi connectivity index (χ0n) is 21.4. The van der Waals surface area contributed by atoms with E-state index in [1.807, 2.05) is 36.2 Å². The number of carbonyl (C=O) groups excluding carboxylic acids is 2. The van der Waals surface area contributed by atoms with Gasteiger partial charge in [0.05, 0.1) is 12.2 Å². The number of piperidine rings is 1. The van der Waals surface area contributed by atoms with Gasteiger partial charge in [0.25, 0.3) is 5.91 Å². The van der Waals surface area contributed by atoms with Crippen molar-refractivity contribution in [1.82, 2.24) is 24.7 Å². The van der Waals surface area contributed by atoms with Crippen LogP contribution in [-0.4, -0.2) is 113 Å². The number of carbonyl (C=O) groups is 3. The van der Waals surface area contributed by atoms with Crippen molar-refractivity contribution in [2.24, 2.45) is 5.73 Å². The molecular formula is C25H33N9O4. The second-order valence-corrected chi connectivity index (χ2v) is 9.86. The lowest BCUT2D eigenvalue weighted by molar-refractivity contribution is 0.0996. The third kappa shape index (κ3) is 5.22. The summed E-state index contributed by atoms with van der Waals surface area (Å²) < 4.78 is 0. The van der Waals surface area contributed by atoms with Crippen LogP contribution >= 0.6 is 0 Å². The normalized spacial score (nSPS) is 20.2. The lowest BCUT2D eigenvalue weighted by Crippen LogP contribution is -2.49. The zero-order chi connectivity index (χ0) is 26.8. The van der Waals surface area contributed by atoms with Gasteiger partial charge in [-0.05, 0) is 37.1 Å². The number of piperazine rings is 1. The number of nitrogens with one attached hydrogen (secondary N) is 1. The zero-order valence-corrected chi connectivity index (χ0v) is 21.4. The number of primary amides is 1. The molecule has 2 aromatic rings. The minimum atomic E-state index is -0.894. The first-order valence-corrected chi connectivity index (χ1v) is 12.8. The van der Waals surface area contributed by atoms with Crippen molar-refractivity contribution in [2.45, 2.75) is 18.9 Å². The van der Waals surface area contributed by atoms with Crippen LogP contribution in [0.25, 0.3) is 0 Å². The van der Waals surface area contributed by atoms with Gasteiger partial charge in [-0.3, -0.25) is 4.79 Å². The first kappa shape index (κ1) is 25.4. The van der Waals surface area contributed by atoms with Gasteiger partial charge >= 0.3 is 12.1 Å². The van der Waals surface area contributed by atoms with Gasteiger partial charge in [0, 0.05) is 70.8 Å². The minimum Gasteiger partial charge on any atom is -0.465 e. The number of likely N-dealkylation sites (N-methyl/N-ethyl adjacent to an activating group) is 1. The van der Waals surface area contributed by atoms with E-state index in [9.17, 15) is 14.4 Å². The smallest absolute Gasteiger partial charge is 0.407 e. The Balaban J connectivity index is 1.29. The standard InChI is InChI=1S/C25H33N9O4/c1-30-9-14-34(24(30)36)19-3-2-8-33(16-19)20-15-27-21(22(26)35)23(29-20)28-17-4-6-18(7-5-17)31-10-12-32(13-11-31)25(37)38/h4-7,15,19H,2-3,8-14,16H2,1H3,(H2,26,35)(H,28,29)(H,37,38)/t19-/m1/s1. The van der Waals surface area contributed by atoms with Gasteiger partial charge in [0.1, 0.15) is 5.82 Å². The van der Waals surface area contributed by atoms with Crippen LogP contribution in [0.2, 0.25) is 0 Å². The molecule has 1 aromatic heterocycles. The summed E-state index contributed by atoms with van der Waals surface area (Å²) in [7, 11) is 1.82. The third-order valence-corrected chi connectivity index (χ3v) is 7.45. The Labute approximate surface area is 220 Å². The number of anilines is 4. The van der Waals surface area contributed by atoms with Gasteiger partial charge in [-0.15, -0.1) is 0 Å². The fraction of sp³-hybridized carbons (Fsp3) is 0.480. The van der Waals surface area contributed by atoms with Crippen LogP contribution in [0.4, 0.5) is 32.6 Å². The van der Waals surface area contributed by atoms with Crippen molar-refractivity contribution in [3.8, 4) is 0 Å². The van der Waals surface area contributed by atoms with Crippen LogP contribution in [-0.2, 0) is 0 Å². The molecule has 3 fully saturated rings. The van der Waals surface area contributed by atoms with E-state index in [1.54, 1.807) is 11.1 Å². The quantitative estimate of drug-likeness (QED) is 0.511. The molecule has 5 rings (SSSR count). The average molecular weight is 524 g/mol. The van der Waals surface area contributed by atoms with Crippen molar-refractivity contribution < 1.29 is 19.5 Å². The van der Waals surface area contributed by atoms with Gasteiger partial charge in [-0.1, -0.05) is 0 Å². The van der Waals surface area contributed by atoms with Gasteiger partial charge in [-0.25, -0.2) is 19.6 Å². The molecular weight excluding hydrogens is 490 g/mol. The Bertz CT molecular complexity index is 1200. The summed E-state index contributed by atoms with van der Waals surface area (Å²) in [5.74, 6) is 0.216. The second kappa shape index (κ2) is 10.6. The molecule has 38 heavy (non-hydrogen) atoms. The summed E-state index contributed by atoms with van der Waals surface area (Å²) in [6.07, 6.45) is 2.52.